The number of likely N-dealkylation sites (tertiary alicyclic amines) is 1. The van der Waals surface area contributed by atoms with Gasteiger partial charge >= 0.3 is 0 Å². The Morgan fingerprint density at radius 3 is 2.42 bits per heavy atom. The van der Waals surface area contributed by atoms with Crippen LogP contribution in [-0.4, -0.2) is 63.6 Å². The number of aromatic nitrogens is 1. The molecule has 0 amide bonds. The number of aromatic hydroxyl groups is 1. The highest BCUT2D eigenvalue weighted by Gasteiger charge is 2.34. The lowest BCUT2D eigenvalue weighted by molar-refractivity contribution is 0.100. The average Bonchev–Trinajstić information content (AvgIpc) is 2.89. The Morgan fingerprint density at radius 2 is 1.63 bits per heavy atom. The molecule has 1 N–H and O–H groups in total. The molecule has 200 valence electrons. The van der Waals surface area contributed by atoms with Gasteiger partial charge in [-0.25, -0.2) is 0 Å². The molecule has 2 saturated heterocycles. The summed E-state index contributed by atoms with van der Waals surface area (Å²) in [6.45, 7) is 7.58. The summed E-state index contributed by atoms with van der Waals surface area (Å²) in [6, 6.07) is 14.9. The van der Waals surface area contributed by atoms with Gasteiger partial charge in [0.05, 0.1) is 13.1 Å². The second-order valence-electron chi connectivity index (χ2n) is 10.9. The van der Waals surface area contributed by atoms with Crippen LogP contribution >= 0.6 is 11.6 Å². The number of pyridine rings is 1. The minimum Gasteiger partial charge on any atom is -0.502 e. The molecule has 5 heterocycles. The molecule has 0 spiro atoms. The normalized spacial score (nSPS) is 22.3. The summed E-state index contributed by atoms with van der Waals surface area (Å²) >= 11 is 6.13. The van der Waals surface area contributed by atoms with Crippen LogP contribution in [0.5, 0.6) is 5.75 Å². The van der Waals surface area contributed by atoms with Crippen LogP contribution < -0.4 is 11.0 Å². The van der Waals surface area contributed by atoms with Crippen molar-refractivity contribution in [3.63, 3.8) is 0 Å². The number of hydrogen-bond acceptors (Lipinski definition) is 7. The van der Waals surface area contributed by atoms with Crippen molar-refractivity contribution in [3.05, 3.63) is 96.9 Å². The van der Waals surface area contributed by atoms with E-state index < -0.39 is 5.43 Å². The van der Waals surface area contributed by atoms with Gasteiger partial charge in [-0.05, 0) is 36.1 Å². The van der Waals surface area contributed by atoms with Crippen LogP contribution in [0.3, 0.4) is 0 Å². The molecule has 3 aromatic rings. The van der Waals surface area contributed by atoms with Crippen molar-refractivity contribution < 1.29 is 9.52 Å². The number of piperazine rings is 1. The summed E-state index contributed by atoms with van der Waals surface area (Å²) in [6.07, 6.45) is 1.08. The summed E-state index contributed by atoms with van der Waals surface area (Å²) in [4.78, 5) is 31.8. The fourth-order valence-electron chi connectivity index (χ4n) is 6.32. The summed E-state index contributed by atoms with van der Waals surface area (Å²) < 4.78 is 8.04. The molecule has 2 bridgehead atoms. The zero-order valence-electron chi connectivity index (χ0n) is 21.4. The van der Waals surface area contributed by atoms with E-state index in [0.29, 0.717) is 36.4 Å². The number of fused-ring (bicyclic) bond motifs is 4. The molecule has 3 aliphatic heterocycles. The zero-order valence-corrected chi connectivity index (χ0v) is 22.1. The van der Waals surface area contributed by atoms with Crippen molar-refractivity contribution in [2.75, 3.05) is 39.3 Å². The smallest absolute Gasteiger partial charge is 0.250 e. The monoisotopic (exact) mass is 536 g/mol. The van der Waals surface area contributed by atoms with Crippen molar-refractivity contribution in [1.29, 1.82) is 0 Å². The zero-order chi connectivity index (χ0) is 26.2. The largest absolute Gasteiger partial charge is 0.502 e. The van der Waals surface area contributed by atoms with Crippen molar-refractivity contribution in [3.8, 4) is 5.75 Å². The molecule has 8 nitrogen and oxygen atoms in total. The highest BCUT2D eigenvalue weighted by molar-refractivity contribution is 6.30. The molecule has 0 saturated carbocycles. The Bertz CT molecular complexity index is 1430. The predicted octanol–water partition coefficient (Wildman–Crippen LogP) is 3.10. The standard InChI is InChI=1S/C29H33ClN4O4/c30-23-4-1-3-20(12-23)14-31-7-9-32(10-8-31)19-27-29(37)26(35)13-24(38-27)18-33-15-21-11-22(17-33)25-5-2-6-28(36)34(25)16-21/h1-6,12-13,21-22,37H,7-11,14-19H2/t21-,22+/m1/s1. The van der Waals surface area contributed by atoms with Crippen molar-refractivity contribution in [1.82, 2.24) is 19.3 Å². The molecular weight excluding hydrogens is 504 g/mol. The molecular formula is C29H33ClN4O4. The Hall–Kier alpha value is -2.91. The van der Waals surface area contributed by atoms with Gasteiger partial charge in [-0.15, -0.1) is 0 Å². The number of rotatable bonds is 6. The quantitative estimate of drug-likeness (QED) is 0.518. The lowest BCUT2D eigenvalue weighted by Gasteiger charge is -2.42. The summed E-state index contributed by atoms with van der Waals surface area (Å²) in [5, 5.41) is 11.2. The lowest BCUT2D eigenvalue weighted by Crippen LogP contribution is -2.46. The second-order valence-corrected chi connectivity index (χ2v) is 11.4. The first-order valence-corrected chi connectivity index (χ1v) is 13.7. The van der Waals surface area contributed by atoms with Crippen LogP contribution in [0.15, 0.2) is 62.5 Å². The molecule has 3 aliphatic rings. The van der Waals surface area contributed by atoms with Gasteiger partial charge in [0.15, 0.2) is 5.76 Å². The molecule has 9 heteroatoms. The third kappa shape index (κ3) is 5.45. The lowest BCUT2D eigenvalue weighted by atomic mass is 9.83. The Kier molecular flexibility index (Phi) is 7.14. The van der Waals surface area contributed by atoms with Gasteiger partial charge in [-0.2, -0.15) is 0 Å². The van der Waals surface area contributed by atoms with E-state index in [4.69, 9.17) is 16.0 Å². The predicted molar refractivity (Wildman–Crippen MR) is 145 cm³/mol. The first-order valence-electron chi connectivity index (χ1n) is 13.4. The van der Waals surface area contributed by atoms with Gasteiger partial charge in [0.25, 0.3) is 5.56 Å². The third-order valence-corrected chi connectivity index (χ3v) is 8.34. The molecule has 0 radical (unpaired) electrons. The van der Waals surface area contributed by atoms with Crippen LogP contribution in [0.25, 0.3) is 0 Å². The topological polar surface area (TPSA) is 82.2 Å². The molecule has 2 atom stereocenters. The van der Waals surface area contributed by atoms with E-state index in [2.05, 4.69) is 26.8 Å². The molecule has 6 rings (SSSR count). The van der Waals surface area contributed by atoms with Crippen molar-refractivity contribution in [2.24, 2.45) is 5.92 Å². The molecule has 0 unspecified atom stereocenters. The minimum atomic E-state index is -0.394. The third-order valence-electron chi connectivity index (χ3n) is 8.11. The van der Waals surface area contributed by atoms with Crippen molar-refractivity contribution >= 4 is 11.6 Å². The highest BCUT2D eigenvalue weighted by atomic mass is 35.5. The molecule has 0 aliphatic carbocycles. The number of benzene rings is 1. The maximum absolute atomic E-state index is 12.6. The highest BCUT2D eigenvalue weighted by Crippen LogP contribution is 2.35. The molecule has 1 aromatic carbocycles. The SMILES string of the molecule is O=c1cc(CN2C[C@H]3C[C@@H](C2)c2cccc(=O)n2C3)oc(CN2CCN(Cc3cccc(Cl)c3)CC2)c1O. The molecule has 2 fully saturated rings. The Morgan fingerprint density at radius 1 is 0.868 bits per heavy atom. The number of piperidine rings is 1. The Balaban J connectivity index is 1.09. The van der Waals surface area contributed by atoms with E-state index in [1.165, 1.54) is 11.6 Å². The van der Waals surface area contributed by atoms with Crippen LogP contribution in [-0.2, 0) is 26.2 Å². The number of halogens is 1. The van der Waals surface area contributed by atoms with E-state index in [9.17, 15) is 14.7 Å². The fourth-order valence-corrected chi connectivity index (χ4v) is 6.53. The van der Waals surface area contributed by atoms with E-state index in [1.54, 1.807) is 6.07 Å². The van der Waals surface area contributed by atoms with Gasteiger partial charge < -0.3 is 14.1 Å². The average molecular weight is 537 g/mol. The van der Waals surface area contributed by atoms with E-state index in [1.807, 2.05) is 28.8 Å². The maximum Gasteiger partial charge on any atom is 0.250 e. The van der Waals surface area contributed by atoms with Crippen LogP contribution in [0.2, 0.25) is 5.02 Å². The first kappa shape index (κ1) is 25.4. The van der Waals surface area contributed by atoms with E-state index >= 15 is 0 Å². The van der Waals surface area contributed by atoms with Crippen LogP contribution in [0.1, 0.15) is 35.1 Å². The first-order chi connectivity index (χ1) is 18.4. The Labute approximate surface area is 226 Å². The van der Waals surface area contributed by atoms with Crippen LogP contribution in [0, 0.1) is 5.92 Å². The van der Waals surface area contributed by atoms with Gasteiger partial charge in [0.2, 0.25) is 11.2 Å². The van der Waals surface area contributed by atoms with Crippen LogP contribution in [0.4, 0.5) is 0 Å². The summed E-state index contributed by atoms with van der Waals surface area (Å²) in [7, 11) is 0. The van der Waals surface area contributed by atoms with Gasteiger partial charge in [-0.1, -0.05) is 29.8 Å². The number of nitrogens with zero attached hydrogens (tertiary/aromatic N) is 4. The maximum atomic E-state index is 12.6. The summed E-state index contributed by atoms with van der Waals surface area (Å²) in [5.74, 6) is 1.31. The second kappa shape index (κ2) is 10.7. The van der Waals surface area contributed by atoms with E-state index in [-0.39, 0.29) is 11.3 Å². The minimum absolute atomic E-state index is 0.0742. The number of hydrogen-bond donors (Lipinski definition) is 1. The molecule has 2 aromatic heterocycles. The van der Waals surface area contributed by atoms with Crippen molar-refractivity contribution in [2.45, 2.75) is 38.5 Å². The molecule has 38 heavy (non-hydrogen) atoms. The fraction of sp³-hybridized carbons (Fsp3) is 0.448. The van der Waals surface area contributed by atoms with Gasteiger partial charge in [0.1, 0.15) is 5.76 Å². The van der Waals surface area contributed by atoms with Gasteiger partial charge in [0, 0.05) is 81.1 Å². The van der Waals surface area contributed by atoms with Gasteiger partial charge in [-0.3, -0.25) is 24.3 Å². The summed E-state index contributed by atoms with van der Waals surface area (Å²) in [5.41, 5.74) is 1.97. The van der Waals surface area contributed by atoms with E-state index in [0.717, 1.165) is 69.5 Å².